The smallest absolute Gasteiger partial charge is 0.260 e. The van der Waals surface area contributed by atoms with E-state index in [1.165, 1.54) is 6.26 Å². The monoisotopic (exact) mass is 252 g/mol. The highest BCUT2D eigenvalue weighted by Gasteiger charge is 2.12. The molecule has 3 aromatic rings. The number of nitrogens with one attached hydrogen (secondary N) is 1. The van der Waals surface area contributed by atoms with Crippen molar-refractivity contribution in [2.24, 2.45) is 0 Å². The van der Waals surface area contributed by atoms with E-state index in [2.05, 4.69) is 10.3 Å². The molecule has 94 valence electrons. The topological polar surface area (TPSA) is 55.1 Å². The Kier molecular flexibility index (Phi) is 2.76. The molecule has 2 aromatic heterocycles. The fourth-order valence-corrected chi connectivity index (χ4v) is 1.94. The minimum atomic E-state index is -0.214. The Balaban J connectivity index is 1.89. The lowest BCUT2D eigenvalue weighted by Crippen LogP contribution is -2.13. The summed E-state index contributed by atoms with van der Waals surface area (Å²) in [5.41, 5.74) is 1.37. The van der Waals surface area contributed by atoms with Crippen LogP contribution in [-0.2, 0) is 0 Å². The molecule has 0 aliphatic rings. The lowest BCUT2D eigenvalue weighted by Gasteiger charge is -2.04. The molecule has 0 unspecified atom stereocenters. The third-order valence-corrected chi connectivity index (χ3v) is 2.94. The maximum absolute atomic E-state index is 12.0. The average molecular weight is 252 g/mol. The number of benzene rings is 1. The van der Waals surface area contributed by atoms with Gasteiger partial charge >= 0.3 is 0 Å². The van der Waals surface area contributed by atoms with Crippen LogP contribution in [0.5, 0.6) is 0 Å². The molecule has 1 aromatic carbocycles. The van der Waals surface area contributed by atoms with Gasteiger partial charge in [0.05, 0.1) is 17.3 Å². The van der Waals surface area contributed by atoms with Gasteiger partial charge in [0.15, 0.2) is 0 Å². The van der Waals surface area contributed by atoms with Crippen molar-refractivity contribution >= 4 is 22.6 Å². The molecule has 3 rings (SSSR count). The van der Waals surface area contributed by atoms with Crippen molar-refractivity contribution < 1.29 is 9.21 Å². The molecule has 0 fully saturated rings. The molecule has 19 heavy (non-hydrogen) atoms. The maximum atomic E-state index is 12.0. The van der Waals surface area contributed by atoms with Crippen LogP contribution in [0.1, 0.15) is 16.1 Å². The van der Waals surface area contributed by atoms with E-state index in [0.29, 0.717) is 17.1 Å². The Morgan fingerprint density at radius 2 is 2.00 bits per heavy atom. The molecule has 0 aliphatic heterocycles. The lowest BCUT2D eigenvalue weighted by molar-refractivity contribution is 0.102. The summed E-state index contributed by atoms with van der Waals surface area (Å²) in [6, 6.07) is 13.1. The fraction of sp³-hybridized carbons (Fsp3) is 0.0667. The summed E-state index contributed by atoms with van der Waals surface area (Å²) in [4.78, 5) is 16.4. The number of anilines is 1. The van der Waals surface area contributed by atoms with Gasteiger partial charge in [-0.2, -0.15) is 0 Å². The van der Waals surface area contributed by atoms with E-state index in [4.69, 9.17) is 4.42 Å². The normalized spacial score (nSPS) is 10.6. The maximum Gasteiger partial charge on any atom is 0.260 e. The molecule has 1 amide bonds. The van der Waals surface area contributed by atoms with Crippen LogP contribution in [0.3, 0.4) is 0 Å². The number of furan rings is 1. The first-order valence-electron chi connectivity index (χ1n) is 5.95. The van der Waals surface area contributed by atoms with Gasteiger partial charge in [-0.25, -0.2) is 4.98 Å². The average Bonchev–Trinajstić information content (AvgIpc) is 2.85. The quantitative estimate of drug-likeness (QED) is 0.760. The standard InChI is InChI=1S/C15H12N2O2/c1-10-12(8-9-19-10)15(18)17-14-7-6-11-4-2-3-5-13(11)16-14/h2-9H,1H3,(H,16,17,18). The first kappa shape index (κ1) is 11.5. The van der Waals surface area contributed by atoms with E-state index < -0.39 is 0 Å². The molecular weight excluding hydrogens is 240 g/mol. The number of aryl methyl sites for hydroxylation is 1. The number of fused-ring (bicyclic) bond motifs is 1. The van der Waals surface area contributed by atoms with Crippen molar-refractivity contribution in [3.63, 3.8) is 0 Å². The van der Waals surface area contributed by atoms with E-state index in [-0.39, 0.29) is 5.91 Å². The van der Waals surface area contributed by atoms with Gasteiger partial charge in [0.1, 0.15) is 11.6 Å². The minimum Gasteiger partial charge on any atom is -0.469 e. The minimum absolute atomic E-state index is 0.214. The first-order chi connectivity index (χ1) is 9.24. The highest BCUT2D eigenvalue weighted by molar-refractivity contribution is 6.04. The van der Waals surface area contributed by atoms with Crippen LogP contribution >= 0.6 is 0 Å². The van der Waals surface area contributed by atoms with Gasteiger partial charge in [-0.3, -0.25) is 4.79 Å². The second-order valence-electron chi connectivity index (χ2n) is 4.23. The Morgan fingerprint density at radius 1 is 1.16 bits per heavy atom. The summed E-state index contributed by atoms with van der Waals surface area (Å²) in [6.45, 7) is 1.75. The van der Waals surface area contributed by atoms with Gasteiger partial charge in [0.25, 0.3) is 5.91 Å². The molecular formula is C15H12N2O2. The van der Waals surface area contributed by atoms with Crippen molar-refractivity contribution in [2.45, 2.75) is 6.92 Å². The molecule has 0 saturated carbocycles. The Labute approximate surface area is 110 Å². The highest BCUT2D eigenvalue weighted by atomic mass is 16.3. The number of aromatic nitrogens is 1. The largest absolute Gasteiger partial charge is 0.469 e. The number of nitrogens with zero attached hydrogens (tertiary/aromatic N) is 1. The van der Waals surface area contributed by atoms with Gasteiger partial charge in [0, 0.05) is 5.39 Å². The number of hydrogen-bond donors (Lipinski definition) is 1. The molecule has 0 saturated heterocycles. The summed E-state index contributed by atoms with van der Waals surface area (Å²) in [5, 5.41) is 3.81. The van der Waals surface area contributed by atoms with E-state index in [1.807, 2.05) is 30.3 Å². The molecule has 1 N–H and O–H groups in total. The molecule has 4 nitrogen and oxygen atoms in total. The zero-order chi connectivity index (χ0) is 13.2. The Bertz CT molecular complexity index is 746. The van der Waals surface area contributed by atoms with Crippen molar-refractivity contribution in [3.05, 3.63) is 60.1 Å². The van der Waals surface area contributed by atoms with Crippen LogP contribution < -0.4 is 5.32 Å². The third kappa shape index (κ3) is 2.20. The van der Waals surface area contributed by atoms with E-state index in [1.54, 1.807) is 19.1 Å². The Hall–Kier alpha value is -2.62. The first-order valence-corrected chi connectivity index (χ1v) is 5.95. The SMILES string of the molecule is Cc1occc1C(=O)Nc1ccc2ccccc2n1. The van der Waals surface area contributed by atoms with Crippen molar-refractivity contribution in [1.29, 1.82) is 0 Å². The lowest BCUT2D eigenvalue weighted by atomic mass is 10.2. The van der Waals surface area contributed by atoms with Crippen LogP contribution in [0.4, 0.5) is 5.82 Å². The van der Waals surface area contributed by atoms with Crippen LogP contribution in [0.2, 0.25) is 0 Å². The summed E-state index contributed by atoms with van der Waals surface area (Å²) in [6.07, 6.45) is 1.50. The van der Waals surface area contributed by atoms with Crippen molar-refractivity contribution in [1.82, 2.24) is 4.98 Å². The second kappa shape index (κ2) is 4.57. The number of pyridine rings is 1. The van der Waals surface area contributed by atoms with E-state index in [9.17, 15) is 4.79 Å². The van der Waals surface area contributed by atoms with Gasteiger partial charge in [-0.05, 0) is 31.2 Å². The van der Waals surface area contributed by atoms with Gasteiger partial charge in [-0.15, -0.1) is 0 Å². The molecule has 0 aliphatic carbocycles. The number of carbonyl (C=O) groups excluding carboxylic acids is 1. The summed E-state index contributed by atoms with van der Waals surface area (Å²) in [7, 11) is 0. The molecule has 0 spiro atoms. The van der Waals surface area contributed by atoms with Gasteiger partial charge < -0.3 is 9.73 Å². The Morgan fingerprint density at radius 3 is 2.79 bits per heavy atom. The van der Waals surface area contributed by atoms with E-state index in [0.717, 1.165) is 10.9 Å². The number of hydrogen-bond acceptors (Lipinski definition) is 3. The summed E-state index contributed by atoms with van der Waals surface area (Å²) in [5.74, 6) is 0.914. The van der Waals surface area contributed by atoms with Crippen LogP contribution in [0.25, 0.3) is 10.9 Å². The molecule has 0 bridgehead atoms. The van der Waals surface area contributed by atoms with Crippen LogP contribution in [0.15, 0.2) is 53.1 Å². The van der Waals surface area contributed by atoms with Gasteiger partial charge in [-0.1, -0.05) is 18.2 Å². The number of carbonyl (C=O) groups is 1. The molecule has 4 heteroatoms. The predicted molar refractivity (Wildman–Crippen MR) is 73.1 cm³/mol. The zero-order valence-corrected chi connectivity index (χ0v) is 10.4. The third-order valence-electron chi connectivity index (χ3n) is 2.94. The highest BCUT2D eigenvalue weighted by Crippen LogP contribution is 2.16. The van der Waals surface area contributed by atoms with Gasteiger partial charge in [0.2, 0.25) is 0 Å². The van der Waals surface area contributed by atoms with Crippen LogP contribution in [-0.4, -0.2) is 10.9 Å². The number of para-hydroxylation sites is 1. The molecule has 0 atom stereocenters. The van der Waals surface area contributed by atoms with Crippen molar-refractivity contribution in [3.8, 4) is 0 Å². The zero-order valence-electron chi connectivity index (χ0n) is 10.4. The molecule has 2 heterocycles. The van der Waals surface area contributed by atoms with Crippen LogP contribution in [0, 0.1) is 6.92 Å². The fourth-order valence-electron chi connectivity index (χ4n) is 1.94. The van der Waals surface area contributed by atoms with Crippen molar-refractivity contribution in [2.75, 3.05) is 5.32 Å². The predicted octanol–water partition coefficient (Wildman–Crippen LogP) is 3.39. The molecule has 0 radical (unpaired) electrons. The number of rotatable bonds is 2. The summed E-state index contributed by atoms with van der Waals surface area (Å²) >= 11 is 0. The van der Waals surface area contributed by atoms with E-state index >= 15 is 0 Å². The number of amides is 1. The second-order valence-corrected chi connectivity index (χ2v) is 4.23. The summed E-state index contributed by atoms with van der Waals surface area (Å²) < 4.78 is 5.11.